The molecular formula is C23H33N7O3S2. The van der Waals surface area contributed by atoms with E-state index in [1.807, 2.05) is 28.5 Å². The SMILES string of the molecule is C=C1CCN(S(=O)(=O)Cc2ccccc2)CCN1CC(=O)N[C@@H](CCCN=C(N)N)c1nccs1. The maximum atomic E-state index is 13.0. The summed E-state index contributed by atoms with van der Waals surface area (Å²) in [6.07, 6.45) is 3.50. The van der Waals surface area contributed by atoms with Gasteiger partial charge in [0.2, 0.25) is 15.9 Å². The first kappa shape index (κ1) is 26.6. The van der Waals surface area contributed by atoms with Crippen molar-refractivity contribution < 1.29 is 13.2 Å². The van der Waals surface area contributed by atoms with Crippen LogP contribution < -0.4 is 16.8 Å². The third-order valence-corrected chi connectivity index (χ3v) is 8.41. The average Bonchev–Trinajstić information content (AvgIpc) is 3.28. The second-order valence-electron chi connectivity index (χ2n) is 8.32. The number of aromatic nitrogens is 1. The fourth-order valence-corrected chi connectivity index (χ4v) is 6.09. The summed E-state index contributed by atoms with van der Waals surface area (Å²) < 4.78 is 27.4. The third-order valence-electron chi connectivity index (χ3n) is 5.67. The Kier molecular flexibility index (Phi) is 9.64. The van der Waals surface area contributed by atoms with E-state index in [4.69, 9.17) is 11.5 Å². The van der Waals surface area contributed by atoms with Crippen molar-refractivity contribution in [3.63, 3.8) is 0 Å². The number of carbonyl (C=O) groups excluding carboxylic acids is 1. The van der Waals surface area contributed by atoms with Crippen LogP contribution in [0, 0.1) is 0 Å². The fraction of sp³-hybridized carbons (Fsp3) is 0.435. The van der Waals surface area contributed by atoms with Gasteiger partial charge in [0, 0.05) is 49.9 Å². The minimum atomic E-state index is -3.47. The first-order chi connectivity index (χ1) is 16.7. The van der Waals surface area contributed by atoms with Crippen LogP contribution in [0.5, 0.6) is 0 Å². The molecule has 12 heteroatoms. The van der Waals surface area contributed by atoms with Crippen molar-refractivity contribution in [1.82, 2.24) is 19.5 Å². The summed E-state index contributed by atoms with van der Waals surface area (Å²) in [5.41, 5.74) is 12.3. The number of nitrogens with two attached hydrogens (primary N) is 2. The number of carbonyl (C=O) groups is 1. The van der Waals surface area contributed by atoms with Gasteiger partial charge in [-0.15, -0.1) is 11.3 Å². The number of amides is 1. The number of benzene rings is 1. The van der Waals surface area contributed by atoms with Crippen LogP contribution in [-0.4, -0.2) is 67.2 Å². The molecule has 3 rings (SSSR count). The molecule has 1 amide bonds. The van der Waals surface area contributed by atoms with Crippen molar-refractivity contribution in [3.05, 3.63) is 64.8 Å². The highest BCUT2D eigenvalue weighted by Gasteiger charge is 2.28. The quantitative estimate of drug-likeness (QED) is 0.231. The molecule has 0 radical (unpaired) electrons. The van der Waals surface area contributed by atoms with Crippen LogP contribution in [0.25, 0.3) is 0 Å². The lowest BCUT2D eigenvalue weighted by Gasteiger charge is -2.25. The van der Waals surface area contributed by atoms with E-state index < -0.39 is 10.0 Å². The Bertz CT molecular complexity index is 1100. The second kappa shape index (κ2) is 12.7. The molecule has 1 atom stereocenters. The van der Waals surface area contributed by atoms with Crippen molar-refractivity contribution in [1.29, 1.82) is 0 Å². The maximum absolute atomic E-state index is 13.0. The zero-order valence-corrected chi connectivity index (χ0v) is 21.3. The molecule has 1 aromatic heterocycles. The number of rotatable bonds is 11. The van der Waals surface area contributed by atoms with Crippen LogP contribution in [0.15, 0.2) is 59.2 Å². The first-order valence-electron chi connectivity index (χ1n) is 11.4. The molecule has 2 aromatic rings. The van der Waals surface area contributed by atoms with Crippen LogP contribution in [0.2, 0.25) is 0 Å². The summed E-state index contributed by atoms with van der Waals surface area (Å²) in [4.78, 5) is 23.1. The molecule has 0 saturated carbocycles. The smallest absolute Gasteiger partial charge is 0.240 e. The zero-order chi connectivity index (χ0) is 25.3. The molecule has 1 aliphatic heterocycles. The Balaban J connectivity index is 1.57. The van der Waals surface area contributed by atoms with Crippen LogP contribution in [0.4, 0.5) is 0 Å². The van der Waals surface area contributed by atoms with Gasteiger partial charge >= 0.3 is 0 Å². The van der Waals surface area contributed by atoms with Crippen LogP contribution in [0.1, 0.15) is 35.9 Å². The fourth-order valence-electron chi connectivity index (χ4n) is 3.84. The Labute approximate surface area is 210 Å². The zero-order valence-electron chi connectivity index (χ0n) is 19.7. The molecule has 0 spiro atoms. The van der Waals surface area contributed by atoms with E-state index in [1.54, 1.807) is 18.3 Å². The Morgan fingerprint density at radius 2 is 2.00 bits per heavy atom. The largest absolute Gasteiger partial charge is 0.370 e. The van der Waals surface area contributed by atoms with E-state index in [2.05, 4.69) is 21.9 Å². The molecular weight excluding hydrogens is 486 g/mol. The molecule has 10 nitrogen and oxygen atoms in total. The molecule has 0 bridgehead atoms. The van der Waals surface area contributed by atoms with Crippen molar-refractivity contribution in [2.45, 2.75) is 31.1 Å². The molecule has 5 N–H and O–H groups in total. The standard InChI is InChI=1S/C23H33N7O3S2/c1-18-9-12-30(35(32,33)17-19-6-3-2-4-7-19)14-13-29(18)16-21(31)28-20(22-26-11-15-34-22)8-5-10-27-23(24)25/h2-4,6-7,11,15,20H,1,5,8-10,12-14,16-17H2,(H,28,31)(H4,24,25,27)/t20-/m0/s1. The van der Waals surface area contributed by atoms with Crippen molar-refractivity contribution in [3.8, 4) is 0 Å². The van der Waals surface area contributed by atoms with Gasteiger partial charge in [0.05, 0.1) is 18.3 Å². The number of hydrogen-bond donors (Lipinski definition) is 3. The molecule has 1 saturated heterocycles. The van der Waals surface area contributed by atoms with E-state index in [0.717, 1.165) is 16.3 Å². The topological polar surface area (TPSA) is 147 Å². The molecule has 0 aliphatic carbocycles. The number of sulfonamides is 1. The Hall–Kier alpha value is -2.96. The van der Waals surface area contributed by atoms with E-state index in [-0.39, 0.29) is 30.2 Å². The molecule has 190 valence electrons. The number of guanidine groups is 1. The first-order valence-corrected chi connectivity index (χ1v) is 13.9. The van der Waals surface area contributed by atoms with Crippen LogP contribution in [-0.2, 0) is 20.6 Å². The van der Waals surface area contributed by atoms with Crippen molar-refractivity contribution in [2.75, 3.05) is 32.7 Å². The number of aliphatic imine (C=N–C) groups is 1. The van der Waals surface area contributed by atoms with Gasteiger partial charge in [-0.1, -0.05) is 36.9 Å². The monoisotopic (exact) mass is 519 g/mol. The minimum absolute atomic E-state index is 0.0411. The number of nitrogens with zero attached hydrogens (tertiary/aromatic N) is 4. The average molecular weight is 520 g/mol. The molecule has 2 heterocycles. The van der Waals surface area contributed by atoms with Gasteiger partial charge in [-0.05, 0) is 18.4 Å². The summed E-state index contributed by atoms with van der Waals surface area (Å²) in [5, 5.41) is 5.74. The van der Waals surface area contributed by atoms with Gasteiger partial charge in [0.15, 0.2) is 5.96 Å². The van der Waals surface area contributed by atoms with Gasteiger partial charge < -0.3 is 21.7 Å². The predicted octanol–water partition coefficient (Wildman–Crippen LogP) is 1.41. The Morgan fingerprint density at radius 3 is 2.69 bits per heavy atom. The highest BCUT2D eigenvalue weighted by Crippen LogP contribution is 2.22. The summed E-state index contributed by atoms with van der Waals surface area (Å²) in [6, 6.07) is 8.88. The van der Waals surface area contributed by atoms with Crippen LogP contribution in [0.3, 0.4) is 0 Å². The maximum Gasteiger partial charge on any atom is 0.240 e. The lowest BCUT2D eigenvalue weighted by molar-refractivity contribution is -0.122. The van der Waals surface area contributed by atoms with E-state index in [0.29, 0.717) is 45.4 Å². The summed E-state index contributed by atoms with van der Waals surface area (Å²) >= 11 is 1.48. The highest BCUT2D eigenvalue weighted by atomic mass is 32.2. The summed E-state index contributed by atoms with van der Waals surface area (Å²) in [7, 11) is -3.47. The normalized spacial score (nSPS) is 15.9. The van der Waals surface area contributed by atoms with E-state index in [1.165, 1.54) is 15.6 Å². The summed E-state index contributed by atoms with van der Waals surface area (Å²) in [6.45, 7) is 5.70. The van der Waals surface area contributed by atoms with Crippen LogP contribution >= 0.6 is 11.3 Å². The van der Waals surface area contributed by atoms with Gasteiger partial charge in [0.1, 0.15) is 5.01 Å². The van der Waals surface area contributed by atoms with Gasteiger partial charge in [-0.2, -0.15) is 4.31 Å². The van der Waals surface area contributed by atoms with Crippen molar-refractivity contribution in [2.24, 2.45) is 16.5 Å². The Morgan fingerprint density at radius 1 is 1.23 bits per heavy atom. The van der Waals surface area contributed by atoms with Gasteiger partial charge in [-0.3, -0.25) is 9.79 Å². The molecule has 1 aliphatic rings. The molecule has 35 heavy (non-hydrogen) atoms. The number of nitrogens with one attached hydrogen (secondary N) is 1. The predicted molar refractivity (Wildman–Crippen MR) is 139 cm³/mol. The van der Waals surface area contributed by atoms with E-state index >= 15 is 0 Å². The third kappa shape index (κ3) is 8.34. The second-order valence-corrected chi connectivity index (χ2v) is 11.2. The lowest BCUT2D eigenvalue weighted by atomic mass is 10.1. The molecule has 0 unspecified atom stereocenters. The van der Waals surface area contributed by atoms with Gasteiger partial charge in [0.25, 0.3) is 0 Å². The number of hydrogen-bond acceptors (Lipinski definition) is 7. The lowest BCUT2D eigenvalue weighted by Crippen LogP contribution is -2.40. The highest BCUT2D eigenvalue weighted by molar-refractivity contribution is 7.88. The number of thiazole rings is 1. The summed E-state index contributed by atoms with van der Waals surface area (Å²) in [5.74, 6) is -0.177. The van der Waals surface area contributed by atoms with E-state index in [9.17, 15) is 13.2 Å². The van der Waals surface area contributed by atoms with Gasteiger partial charge in [-0.25, -0.2) is 13.4 Å². The van der Waals surface area contributed by atoms with Crippen molar-refractivity contribution >= 4 is 33.2 Å². The molecule has 1 aromatic carbocycles. The minimum Gasteiger partial charge on any atom is -0.370 e. The molecule has 1 fully saturated rings.